The predicted molar refractivity (Wildman–Crippen MR) is 78.7 cm³/mol. The van der Waals surface area contributed by atoms with Crippen molar-refractivity contribution in [3.63, 3.8) is 0 Å². The first-order chi connectivity index (χ1) is 8.66. The van der Waals surface area contributed by atoms with E-state index in [1.165, 1.54) is 0 Å². The zero-order valence-corrected chi connectivity index (χ0v) is 14.3. The highest BCUT2D eigenvalue weighted by Crippen LogP contribution is 2.09. The van der Waals surface area contributed by atoms with E-state index in [0.29, 0.717) is 11.5 Å². The van der Waals surface area contributed by atoms with Gasteiger partial charge >= 0.3 is 6.16 Å². The van der Waals surface area contributed by atoms with Gasteiger partial charge in [-0.25, -0.2) is 4.79 Å². The average molecular weight is 274 g/mol. The molecule has 2 rings (SSSR count). The third-order valence-corrected chi connectivity index (χ3v) is 4.23. The molecule has 5 heteroatoms. The van der Waals surface area contributed by atoms with Crippen LogP contribution in [0.25, 0.3) is 0 Å². The molecule has 0 N–H and O–H groups in total. The molecule has 0 radical (unpaired) electrons. The molecule has 0 amide bonds. The molecule has 2 aromatic carbocycles. The molecule has 0 saturated carbocycles. The topological polar surface area (TPSA) is 35.5 Å². The third-order valence-electron chi connectivity index (χ3n) is 2.57. The molecule has 2 aromatic rings. The molecule has 92 valence electrons. The highest BCUT2D eigenvalue weighted by molar-refractivity contribution is 6.34. The molecule has 0 aliphatic rings. The Labute approximate surface area is 112 Å². The van der Waals surface area contributed by atoms with Gasteiger partial charge in [-0.2, -0.15) is 0 Å². The molecule has 0 aromatic heterocycles. The summed E-state index contributed by atoms with van der Waals surface area (Å²) in [5, 5.41) is 2.07. The van der Waals surface area contributed by atoms with Gasteiger partial charge in [0, 0.05) is 20.5 Å². The molecule has 0 fully saturated rings. The summed E-state index contributed by atoms with van der Waals surface area (Å²) in [4.78, 5) is 11.7. The highest BCUT2D eigenvalue weighted by atomic mass is 28.1. The van der Waals surface area contributed by atoms with Crippen molar-refractivity contribution in [1.29, 1.82) is 0 Å². The Morgan fingerprint density at radius 1 is 0.778 bits per heavy atom. The van der Waals surface area contributed by atoms with E-state index < -0.39 is 6.16 Å². The number of ether oxygens (including phenoxy) is 2. The van der Waals surface area contributed by atoms with Gasteiger partial charge in [0.25, 0.3) is 0 Å². The third kappa shape index (κ3) is 3.08. The van der Waals surface area contributed by atoms with E-state index in [1.807, 2.05) is 36.4 Å². The van der Waals surface area contributed by atoms with Crippen LogP contribution in [-0.2, 0) is 0 Å². The SMILES string of the molecule is O=C(Oc1ccccc1[SiH3])Oc1ccccc1[SiH3]. The number of carbonyl (C=O) groups excluding carboxylic acids is 1. The Balaban J connectivity index is 2.06. The van der Waals surface area contributed by atoms with E-state index in [9.17, 15) is 4.79 Å². The van der Waals surface area contributed by atoms with Crippen LogP contribution in [0.2, 0.25) is 0 Å². The lowest BCUT2D eigenvalue weighted by Gasteiger charge is -2.09. The number of benzene rings is 2. The molecule has 0 aliphatic heterocycles. The van der Waals surface area contributed by atoms with Crippen molar-refractivity contribution in [2.24, 2.45) is 0 Å². The Morgan fingerprint density at radius 2 is 1.17 bits per heavy atom. The lowest BCUT2D eigenvalue weighted by Crippen LogP contribution is -2.21. The van der Waals surface area contributed by atoms with Crippen LogP contribution in [0.3, 0.4) is 0 Å². The number of rotatable bonds is 2. The normalized spacial score (nSPS) is 10.2. The smallest absolute Gasteiger partial charge is 0.395 e. The molecule has 18 heavy (non-hydrogen) atoms. The van der Waals surface area contributed by atoms with Crippen LogP contribution in [0.5, 0.6) is 11.5 Å². The molecular weight excluding hydrogens is 260 g/mol. The number of hydrogen-bond donors (Lipinski definition) is 0. The minimum Gasteiger partial charge on any atom is -0.395 e. The first-order valence-electron chi connectivity index (χ1n) is 5.68. The number of carbonyl (C=O) groups is 1. The summed E-state index contributed by atoms with van der Waals surface area (Å²) in [5.74, 6) is 1.17. The molecule has 0 heterocycles. The van der Waals surface area contributed by atoms with Crippen LogP contribution >= 0.6 is 0 Å². The standard InChI is InChI=1S/C13H14O3Si2/c14-13(15-9-5-1-3-7-11(9)17)16-10-6-2-4-8-12(10)18/h1-8H,17-18H3. The second-order valence-electron chi connectivity index (χ2n) is 3.99. The number of para-hydroxylation sites is 2. The van der Waals surface area contributed by atoms with Crippen LogP contribution < -0.4 is 19.8 Å². The molecule has 0 bridgehead atoms. The Morgan fingerprint density at radius 3 is 1.56 bits per heavy atom. The van der Waals surface area contributed by atoms with Crippen LogP contribution in [-0.4, -0.2) is 26.6 Å². The second kappa shape index (κ2) is 5.66. The van der Waals surface area contributed by atoms with Gasteiger partial charge in [-0.3, -0.25) is 0 Å². The second-order valence-corrected chi connectivity index (χ2v) is 6.14. The van der Waals surface area contributed by atoms with Gasteiger partial charge in [0.1, 0.15) is 11.5 Å². The summed E-state index contributed by atoms with van der Waals surface area (Å²) in [6, 6.07) is 15.0. The summed E-state index contributed by atoms with van der Waals surface area (Å²) in [6.45, 7) is 0. The first-order valence-corrected chi connectivity index (χ1v) is 7.68. The molecular formula is C13H14O3Si2. The van der Waals surface area contributed by atoms with Crippen LogP contribution in [0.4, 0.5) is 4.79 Å². The maximum Gasteiger partial charge on any atom is 0.519 e. The summed E-state index contributed by atoms with van der Waals surface area (Å²) in [5.41, 5.74) is 0. The lowest BCUT2D eigenvalue weighted by atomic mass is 10.3. The number of hydrogen-bond acceptors (Lipinski definition) is 3. The first kappa shape index (κ1) is 12.6. The van der Waals surface area contributed by atoms with Crippen molar-refractivity contribution in [3.05, 3.63) is 48.5 Å². The fraction of sp³-hybridized carbons (Fsp3) is 0. The monoisotopic (exact) mass is 274 g/mol. The minimum absolute atomic E-state index is 0.583. The quantitative estimate of drug-likeness (QED) is 0.410. The summed E-state index contributed by atoms with van der Waals surface area (Å²) in [7, 11) is 1.65. The lowest BCUT2D eigenvalue weighted by molar-refractivity contribution is 0.152. The van der Waals surface area contributed by atoms with Gasteiger partial charge < -0.3 is 9.47 Å². The van der Waals surface area contributed by atoms with Gasteiger partial charge in [0.2, 0.25) is 0 Å². The van der Waals surface area contributed by atoms with E-state index in [4.69, 9.17) is 9.47 Å². The molecule has 0 spiro atoms. The zero-order valence-electron chi connectivity index (χ0n) is 10.3. The van der Waals surface area contributed by atoms with E-state index >= 15 is 0 Å². The summed E-state index contributed by atoms with van der Waals surface area (Å²) >= 11 is 0. The minimum atomic E-state index is -0.679. The molecule has 3 nitrogen and oxygen atoms in total. The molecule has 0 saturated heterocycles. The van der Waals surface area contributed by atoms with Gasteiger partial charge in [-0.1, -0.05) is 36.4 Å². The summed E-state index contributed by atoms with van der Waals surface area (Å²) < 4.78 is 10.4. The van der Waals surface area contributed by atoms with Crippen molar-refractivity contribution in [1.82, 2.24) is 0 Å². The largest absolute Gasteiger partial charge is 0.519 e. The molecule has 0 atom stereocenters. The maximum absolute atomic E-state index is 11.7. The maximum atomic E-state index is 11.7. The van der Waals surface area contributed by atoms with Gasteiger partial charge in [-0.15, -0.1) is 0 Å². The zero-order chi connectivity index (χ0) is 13.0. The Bertz CT molecular complexity index is 520. The van der Waals surface area contributed by atoms with E-state index in [2.05, 4.69) is 0 Å². The predicted octanol–water partition coefficient (Wildman–Crippen LogP) is -0.754. The van der Waals surface area contributed by atoms with Crippen molar-refractivity contribution >= 4 is 37.0 Å². The average Bonchev–Trinajstić information content (AvgIpc) is 2.35. The van der Waals surface area contributed by atoms with Gasteiger partial charge in [-0.05, 0) is 22.5 Å². The summed E-state index contributed by atoms with van der Waals surface area (Å²) in [6.07, 6.45) is -0.679. The van der Waals surface area contributed by atoms with Crippen LogP contribution in [0, 0.1) is 0 Å². The Hall–Kier alpha value is -1.86. The van der Waals surface area contributed by atoms with Crippen molar-refractivity contribution < 1.29 is 14.3 Å². The molecule has 0 unspecified atom stereocenters. The molecule has 0 aliphatic carbocycles. The van der Waals surface area contributed by atoms with Gasteiger partial charge in [0.15, 0.2) is 0 Å². The van der Waals surface area contributed by atoms with Crippen molar-refractivity contribution in [2.75, 3.05) is 0 Å². The van der Waals surface area contributed by atoms with E-state index in [0.717, 1.165) is 30.9 Å². The van der Waals surface area contributed by atoms with Crippen molar-refractivity contribution in [3.8, 4) is 11.5 Å². The van der Waals surface area contributed by atoms with Crippen molar-refractivity contribution in [2.45, 2.75) is 0 Å². The van der Waals surface area contributed by atoms with Crippen LogP contribution in [0.1, 0.15) is 0 Å². The van der Waals surface area contributed by atoms with Crippen LogP contribution in [0.15, 0.2) is 48.5 Å². The Kier molecular flexibility index (Phi) is 3.96. The van der Waals surface area contributed by atoms with E-state index in [-0.39, 0.29) is 0 Å². The van der Waals surface area contributed by atoms with E-state index in [1.54, 1.807) is 12.1 Å². The van der Waals surface area contributed by atoms with Gasteiger partial charge in [0.05, 0.1) is 0 Å². The fourth-order valence-electron chi connectivity index (χ4n) is 1.54. The fourth-order valence-corrected chi connectivity index (χ4v) is 2.46. The highest BCUT2D eigenvalue weighted by Gasteiger charge is 2.10.